The van der Waals surface area contributed by atoms with E-state index in [2.05, 4.69) is 0 Å². The van der Waals surface area contributed by atoms with Crippen molar-refractivity contribution < 1.29 is 30.7 Å². The van der Waals surface area contributed by atoms with Crippen LogP contribution in [0.15, 0.2) is 12.1 Å². The summed E-state index contributed by atoms with van der Waals surface area (Å²) >= 11 is 0. The first-order valence-electron chi connectivity index (χ1n) is 5.23. The van der Waals surface area contributed by atoms with Gasteiger partial charge in [0.25, 0.3) is 0 Å². The van der Waals surface area contributed by atoms with E-state index in [1.165, 1.54) is 20.8 Å². The van der Waals surface area contributed by atoms with Gasteiger partial charge in [-0.15, -0.1) is 0 Å². The Morgan fingerprint density at radius 3 is 1.26 bits per heavy atom. The molecule has 0 radical (unpaired) electrons. The average Bonchev–Trinajstić information content (AvgIpc) is 2.20. The van der Waals surface area contributed by atoms with Crippen molar-refractivity contribution in [1.82, 2.24) is 0 Å². The number of aryl methyl sites for hydroxylation is 2. The molecule has 0 aliphatic heterocycles. The standard InChI is InChI=1S/C12H11F7/c1-6-4-9(5-7(2)8(6)3)10(13,11(14,15)16)12(17,18)19/h4-5H,1-3H3. The quantitative estimate of drug-likeness (QED) is 0.645. The Morgan fingerprint density at radius 2 is 1.00 bits per heavy atom. The molecular weight excluding hydrogens is 277 g/mol. The van der Waals surface area contributed by atoms with Crippen LogP contribution in [0.1, 0.15) is 22.3 Å². The Balaban J connectivity index is 3.62. The van der Waals surface area contributed by atoms with Crippen molar-refractivity contribution in [3.05, 3.63) is 34.4 Å². The fraction of sp³-hybridized carbons (Fsp3) is 0.500. The van der Waals surface area contributed by atoms with Crippen molar-refractivity contribution >= 4 is 0 Å². The van der Waals surface area contributed by atoms with E-state index in [4.69, 9.17) is 0 Å². The van der Waals surface area contributed by atoms with Crippen LogP contribution >= 0.6 is 0 Å². The molecule has 0 saturated heterocycles. The Kier molecular flexibility index (Phi) is 3.64. The first-order chi connectivity index (χ1) is 8.32. The summed E-state index contributed by atoms with van der Waals surface area (Å²) in [5.41, 5.74) is -5.93. The molecule has 7 heteroatoms. The fourth-order valence-electron chi connectivity index (χ4n) is 1.72. The van der Waals surface area contributed by atoms with Gasteiger partial charge in [0.15, 0.2) is 0 Å². The summed E-state index contributed by atoms with van der Waals surface area (Å²) < 4.78 is 89.1. The average molecular weight is 288 g/mol. The maximum Gasteiger partial charge on any atom is 0.435 e. The predicted molar refractivity (Wildman–Crippen MR) is 55.5 cm³/mol. The fourth-order valence-corrected chi connectivity index (χ4v) is 1.72. The van der Waals surface area contributed by atoms with Crippen molar-refractivity contribution in [3.63, 3.8) is 0 Å². The van der Waals surface area contributed by atoms with Gasteiger partial charge < -0.3 is 0 Å². The van der Waals surface area contributed by atoms with Crippen LogP contribution in [0.5, 0.6) is 0 Å². The van der Waals surface area contributed by atoms with Crippen molar-refractivity contribution in [2.24, 2.45) is 0 Å². The van der Waals surface area contributed by atoms with Gasteiger partial charge in [0.05, 0.1) is 0 Å². The third-order valence-electron chi connectivity index (χ3n) is 3.11. The second kappa shape index (κ2) is 4.38. The first-order valence-corrected chi connectivity index (χ1v) is 5.23. The largest absolute Gasteiger partial charge is 0.435 e. The van der Waals surface area contributed by atoms with E-state index >= 15 is 0 Å². The highest BCUT2D eigenvalue weighted by Crippen LogP contribution is 2.53. The Labute approximate surface area is 105 Å². The smallest absolute Gasteiger partial charge is 0.218 e. The van der Waals surface area contributed by atoms with E-state index in [-0.39, 0.29) is 11.1 Å². The maximum atomic E-state index is 13.8. The summed E-state index contributed by atoms with van der Waals surface area (Å²) in [5, 5.41) is 0. The Morgan fingerprint density at radius 1 is 0.684 bits per heavy atom. The second-order valence-electron chi connectivity index (χ2n) is 4.39. The van der Waals surface area contributed by atoms with Crippen molar-refractivity contribution in [3.8, 4) is 0 Å². The molecule has 19 heavy (non-hydrogen) atoms. The zero-order valence-corrected chi connectivity index (χ0v) is 10.3. The molecule has 0 aliphatic carbocycles. The third kappa shape index (κ3) is 2.42. The molecule has 1 aromatic rings. The van der Waals surface area contributed by atoms with Crippen LogP contribution in [0.25, 0.3) is 0 Å². The highest BCUT2D eigenvalue weighted by molar-refractivity contribution is 5.40. The van der Waals surface area contributed by atoms with Crippen LogP contribution in [-0.4, -0.2) is 12.4 Å². The molecule has 0 amide bonds. The third-order valence-corrected chi connectivity index (χ3v) is 3.11. The van der Waals surface area contributed by atoms with Crippen LogP contribution in [0.3, 0.4) is 0 Å². The molecule has 0 heterocycles. The second-order valence-corrected chi connectivity index (χ2v) is 4.39. The first kappa shape index (κ1) is 15.8. The lowest BCUT2D eigenvalue weighted by molar-refractivity contribution is -0.348. The molecule has 0 saturated carbocycles. The number of hydrogen-bond donors (Lipinski definition) is 0. The summed E-state index contributed by atoms with van der Waals surface area (Å²) in [5.74, 6) is 0. The lowest BCUT2D eigenvalue weighted by Crippen LogP contribution is -2.50. The molecule has 0 spiro atoms. The zero-order chi connectivity index (χ0) is 15.2. The molecule has 108 valence electrons. The van der Waals surface area contributed by atoms with Gasteiger partial charge >= 0.3 is 18.0 Å². The molecule has 0 atom stereocenters. The molecule has 0 aliphatic rings. The van der Waals surface area contributed by atoms with Gasteiger partial charge in [0.1, 0.15) is 0 Å². The van der Waals surface area contributed by atoms with Crippen molar-refractivity contribution in [2.75, 3.05) is 0 Å². The lowest BCUT2D eigenvalue weighted by Gasteiger charge is -2.31. The highest BCUT2D eigenvalue weighted by Gasteiger charge is 2.73. The minimum Gasteiger partial charge on any atom is -0.218 e. The van der Waals surface area contributed by atoms with E-state index in [1.54, 1.807) is 0 Å². The van der Waals surface area contributed by atoms with Gasteiger partial charge in [0.2, 0.25) is 0 Å². The van der Waals surface area contributed by atoms with E-state index < -0.39 is 23.6 Å². The van der Waals surface area contributed by atoms with Crippen LogP contribution in [0.4, 0.5) is 30.7 Å². The van der Waals surface area contributed by atoms with Crippen LogP contribution in [0.2, 0.25) is 0 Å². The maximum absolute atomic E-state index is 13.8. The highest BCUT2D eigenvalue weighted by atomic mass is 19.4. The summed E-state index contributed by atoms with van der Waals surface area (Å²) in [6, 6.07) is 1.17. The van der Waals surface area contributed by atoms with Crippen LogP contribution in [0, 0.1) is 20.8 Å². The number of hydrogen-bond acceptors (Lipinski definition) is 0. The van der Waals surface area contributed by atoms with E-state index in [0.717, 1.165) is 0 Å². The molecule has 0 aromatic heterocycles. The Bertz CT molecular complexity index is 445. The lowest BCUT2D eigenvalue weighted by atomic mass is 9.89. The monoisotopic (exact) mass is 288 g/mol. The molecule has 0 bridgehead atoms. The minimum absolute atomic E-state index is 0.172. The van der Waals surface area contributed by atoms with Gasteiger partial charge in [-0.3, -0.25) is 0 Å². The molecule has 1 rings (SSSR count). The van der Waals surface area contributed by atoms with E-state index in [9.17, 15) is 30.7 Å². The number of halogens is 7. The SMILES string of the molecule is Cc1cc(C(F)(C(F)(F)F)C(F)(F)F)cc(C)c1C. The molecule has 0 N–H and O–H groups in total. The molecule has 1 aromatic carbocycles. The molecular formula is C12H11F7. The normalized spacial score (nSPS) is 13.8. The summed E-state index contributed by atoms with van der Waals surface area (Å²) in [4.78, 5) is 0. The minimum atomic E-state index is -6.07. The van der Waals surface area contributed by atoms with Gasteiger partial charge in [-0.25, -0.2) is 4.39 Å². The molecule has 0 fully saturated rings. The van der Waals surface area contributed by atoms with Gasteiger partial charge in [0, 0.05) is 5.56 Å². The Hall–Kier alpha value is -1.27. The summed E-state index contributed by atoms with van der Waals surface area (Å²) in [7, 11) is 0. The van der Waals surface area contributed by atoms with Crippen LogP contribution < -0.4 is 0 Å². The van der Waals surface area contributed by atoms with E-state index in [0.29, 0.717) is 17.7 Å². The molecule has 0 unspecified atom stereocenters. The van der Waals surface area contributed by atoms with Crippen molar-refractivity contribution in [2.45, 2.75) is 38.8 Å². The van der Waals surface area contributed by atoms with Crippen molar-refractivity contribution in [1.29, 1.82) is 0 Å². The van der Waals surface area contributed by atoms with E-state index in [1.807, 2.05) is 0 Å². The number of benzene rings is 1. The zero-order valence-electron chi connectivity index (χ0n) is 10.3. The summed E-state index contributed by atoms with van der Waals surface area (Å²) in [6.45, 7) is 4.20. The van der Waals surface area contributed by atoms with Gasteiger partial charge in [-0.1, -0.05) is 12.1 Å². The molecule has 0 nitrogen and oxygen atoms in total. The number of rotatable bonds is 1. The van der Waals surface area contributed by atoms with Gasteiger partial charge in [-0.05, 0) is 37.5 Å². The number of alkyl halides is 7. The predicted octanol–water partition coefficient (Wildman–Crippen LogP) is 4.90. The van der Waals surface area contributed by atoms with Crippen LogP contribution in [-0.2, 0) is 5.67 Å². The van der Waals surface area contributed by atoms with Gasteiger partial charge in [-0.2, -0.15) is 26.3 Å². The topological polar surface area (TPSA) is 0 Å². The summed E-state index contributed by atoms with van der Waals surface area (Å²) in [6.07, 6.45) is -12.1.